The molecule has 0 spiro atoms. The first-order valence-electron chi connectivity index (χ1n) is 16.1. The van der Waals surface area contributed by atoms with Crippen LogP contribution in [0.25, 0.3) is 16.6 Å². The number of ether oxygens (including phenoxy) is 3. The van der Waals surface area contributed by atoms with Gasteiger partial charge in [0, 0.05) is 43.1 Å². The fourth-order valence-electron chi connectivity index (χ4n) is 6.22. The van der Waals surface area contributed by atoms with Gasteiger partial charge in [-0.05, 0) is 55.7 Å². The number of aromatic nitrogens is 3. The number of aromatic amines is 1. The highest BCUT2D eigenvalue weighted by Crippen LogP contribution is 2.37. The van der Waals surface area contributed by atoms with Crippen molar-refractivity contribution in [2.75, 3.05) is 50.0 Å². The number of nitrogen functional groups attached to an aromatic ring is 1. The number of rotatable bonds is 11. The zero-order chi connectivity index (χ0) is 34.5. The summed E-state index contributed by atoms with van der Waals surface area (Å²) in [4.78, 5) is 25.6. The smallest absolute Gasteiger partial charge is 0.387 e. The van der Waals surface area contributed by atoms with Crippen molar-refractivity contribution in [3.05, 3.63) is 84.6 Å². The lowest BCUT2D eigenvalue weighted by Crippen LogP contribution is -2.49. The number of alkyl halides is 2. The van der Waals surface area contributed by atoms with Crippen molar-refractivity contribution >= 4 is 39.8 Å². The van der Waals surface area contributed by atoms with E-state index in [1.165, 1.54) is 41.4 Å². The Morgan fingerprint density at radius 3 is 2.61 bits per heavy atom. The van der Waals surface area contributed by atoms with Gasteiger partial charge in [0.25, 0.3) is 0 Å². The number of hydrogen-bond donors (Lipinski definition) is 2. The van der Waals surface area contributed by atoms with E-state index in [1.54, 1.807) is 24.3 Å². The molecule has 4 aromatic rings. The number of ketones is 1. The molecular formula is C35H38F3N7O4. The number of hydrogen-bond acceptors (Lipinski definition) is 9. The molecule has 3 N–H and O–H groups in total. The zero-order valence-corrected chi connectivity index (χ0v) is 27.1. The van der Waals surface area contributed by atoms with Gasteiger partial charge in [0.15, 0.2) is 11.6 Å². The van der Waals surface area contributed by atoms with Crippen molar-refractivity contribution in [3.8, 4) is 11.5 Å². The molecule has 0 radical (unpaired) electrons. The summed E-state index contributed by atoms with van der Waals surface area (Å²) in [5.41, 5.74) is 8.42. The SMILES string of the molecule is C=C/C(=N\C=C(/CC)n1ncc(C(=O)c2cc3cc(OC(F)F)c(N4CCC(N5CCOCC5)CC4)cc3[nH]2)c1N)Oc1ccccc1F. The molecular weight excluding hydrogens is 639 g/mol. The number of carbonyl (C=O) groups is 1. The summed E-state index contributed by atoms with van der Waals surface area (Å²) in [6, 6.07) is 11.2. The maximum atomic E-state index is 14.1. The molecule has 0 amide bonds. The second kappa shape index (κ2) is 15.0. The summed E-state index contributed by atoms with van der Waals surface area (Å²) in [5.74, 6) is -0.816. The van der Waals surface area contributed by atoms with Crippen LogP contribution >= 0.6 is 0 Å². The normalized spacial score (nSPS) is 16.8. The Bertz CT molecular complexity index is 1870. The number of piperidine rings is 1. The largest absolute Gasteiger partial charge is 0.436 e. The first-order chi connectivity index (χ1) is 23.7. The van der Waals surface area contributed by atoms with E-state index in [2.05, 4.69) is 31.5 Å². The number of nitrogens with two attached hydrogens (primary N) is 1. The summed E-state index contributed by atoms with van der Waals surface area (Å²) in [5, 5.41) is 4.86. The number of H-pyrrole nitrogens is 1. The molecule has 11 nitrogen and oxygen atoms in total. The highest BCUT2D eigenvalue weighted by molar-refractivity contribution is 6.13. The second-order valence-corrected chi connectivity index (χ2v) is 11.7. The highest BCUT2D eigenvalue weighted by Gasteiger charge is 2.28. The lowest BCUT2D eigenvalue weighted by molar-refractivity contribution is -0.0494. The molecule has 0 atom stereocenters. The van der Waals surface area contributed by atoms with E-state index in [-0.39, 0.29) is 34.5 Å². The van der Waals surface area contributed by atoms with Gasteiger partial charge in [-0.15, -0.1) is 0 Å². The second-order valence-electron chi connectivity index (χ2n) is 11.7. The van der Waals surface area contributed by atoms with Gasteiger partial charge in [-0.1, -0.05) is 25.6 Å². The van der Waals surface area contributed by atoms with Gasteiger partial charge in [-0.25, -0.2) is 14.1 Å². The predicted molar refractivity (Wildman–Crippen MR) is 182 cm³/mol. The number of allylic oxidation sites excluding steroid dienone is 1. The summed E-state index contributed by atoms with van der Waals surface area (Å²) in [7, 11) is 0. The van der Waals surface area contributed by atoms with Crippen LogP contribution in [0.3, 0.4) is 0 Å². The van der Waals surface area contributed by atoms with Gasteiger partial charge in [-0.3, -0.25) is 9.69 Å². The van der Waals surface area contributed by atoms with Crippen molar-refractivity contribution in [2.45, 2.75) is 38.8 Å². The van der Waals surface area contributed by atoms with E-state index in [9.17, 15) is 18.0 Å². The minimum atomic E-state index is -3.01. The molecule has 2 fully saturated rings. The Labute approximate surface area is 281 Å². The molecule has 2 aliphatic heterocycles. The predicted octanol–water partition coefficient (Wildman–Crippen LogP) is 6.09. The summed E-state index contributed by atoms with van der Waals surface area (Å²) < 4.78 is 58.5. The Morgan fingerprint density at radius 1 is 1.16 bits per heavy atom. The lowest BCUT2D eigenvalue weighted by atomic mass is 10.0. The first-order valence-corrected chi connectivity index (χ1v) is 16.1. The minimum absolute atomic E-state index is 0.00854. The minimum Gasteiger partial charge on any atom is -0.436 e. The van der Waals surface area contributed by atoms with E-state index < -0.39 is 18.2 Å². The summed E-state index contributed by atoms with van der Waals surface area (Å²) in [6.07, 6.45) is 6.35. The molecule has 0 bridgehead atoms. The van der Waals surface area contributed by atoms with Crippen LogP contribution in [-0.2, 0) is 4.74 Å². The van der Waals surface area contributed by atoms with Crippen LogP contribution in [-0.4, -0.2) is 83.4 Å². The van der Waals surface area contributed by atoms with Crippen LogP contribution in [0.1, 0.15) is 42.2 Å². The number of halogens is 3. The van der Waals surface area contributed by atoms with E-state index in [0.29, 0.717) is 47.8 Å². The molecule has 2 aliphatic rings. The van der Waals surface area contributed by atoms with Gasteiger partial charge in [0.05, 0.1) is 48.3 Å². The van der Waals surface area contributed by atoms with Gasteiger partial charge in [0.2, 0.25) is 11.7 Å². The Kier molecular flexibility index (Phi) is 10.3. The quantitative estimate of drug-likeness (QED) is 0.111. The van der Waals surface area contributed by atoms with Crippen molar-refractivity contribution in [2.24, 2.45) is 4.99 Å². The standard InChI is InChI=1S/C35H38F3N7O4/c1-3-23(20-40-32(4-2)48-30-8-6-5-7-26(30)36)45-34(39)25(21-41-45)33(46)28-17-22-18-31(49-35(37)38)29(19-27(22)42-28)44-11-9-24(10-12-44)43-13-15-47-16-14-43/h4-8,17-21,24,35,42H,2-3,9-16,39H2,1H3/b23-20+,40-32+. The molecule has 14 heteroatoms. The maximum absolute atomic E-state index is 14.1. The number of aliphatic imine (C=N–C) groups is 1. The van der Waals surface area contributed by atoms with Crippen molar-refractivity contribution in [1.29, 1.82) is 0 Å². The Hall–Kier alpha value is -5.08. The monoisotopic (exact) mass is 677 g/mol. The average Bonchev–Trinajstić information content (AvgIpc) is 3.71. The average molecular weight is 678 g/mol. The third kappa shape index (κ3) is 7.50. The maximum Gasteiger partial charge on any atom is 0.387 e. The molecule has 2 saturated heterocycles. The number of benzene rings is 2. The highest BCUT2D eigenvalue weighted by atomic mass is 19.3. The number of fused-ring (bicyclic) bond motifs is 1. The van der Waals surface area contributed by atoms with Crippen LogP contribution in [0, 0.1) is 5.82 Å². The molecule has 0 unspecified atom stereocenters. The van der Waals surface area contributed by atoms with Gasteiger partial charge in [-0.2, -0.15) is 13.9 Å². The molecule has 0 saturated carbocycles. The van der Waals surface area contributed by atoms with E-state index in [4.69, 9.17) is 19.9 Å². The number of anilines is 2. The number of para-hydroxylation sites is 1. The van der Waals surface area contributed by atoms with Crippen molar-refractivity contribution in [1.82, 2.24) is 19.7 Å². The van der Waals surface area contributed by atoms with Crippen LogP contribution in [0.5, 0.6) is 11.5 Å². The van der Waals surface area contributed by atoms with Crippen LogP contribution in [0.15, 0.2) is 72.5 Å². The number of morpholine rings is 1. The van der Waals surface area contributed by atoms with E-state index >= 15 is 0 Å². The van der Waals surface area contributed by atoms with Crippen molar-refractivity contribution in [3.63, 3.8) is 0 Å². The summed E-state index contributed by atoms with van der Waals surface area (Å²) >= 11 is 0. The fraction of sp³-hybridized carbons (Fsp3) is 0.343. The van der Waals surface area contributed by atoms with Crippen LogP contribution < -0.4 is 20.1 Å². The van der Waals surface area contributed by atoms with Gasteiger partial charge in [0.1, 0.15) is 11.6 Å². The van der Waals surface area contributed by atoms with Gasteiger partial charge < -0.3 is 29.8 Å². The Balaban J connectivity index is 1.23. The number of nitrogens with one attached hydrogen (secondary N) is 1. The van der Waals surface area contributed by atoms with Gasteiger partial charge >= 0.3 is 6.61 Å². The first kappa shape index (κ1) is 33.8. The third-order valence-corrected chi connectivity index (χ3v) is 8.78. The molecule has 2 aromatic heterocycles. The summed E-state index contributed by atoms with van der Waals surface area (Å²) in [6.45, 7) is 7.11. The molecule has 258 valence electrons. The molecule has 2 aromatic carbocycles. The zero-order valence-electron chi connectivity index (χ0n) is 27.1. The van der Waals surface area contributed by atoms with E-state index in [0.717, 1.165) is 39.1 Å². The number of nitrogens with zero attached hydrogens (tertiary/aromatic N) is 5. The molecule has 0 aliphatic carbocycles. The molecule has 49 heavy (non-hydrogen) atoms. The van der Waals surface area contributed by atoms with Crippen molar-refractivity contribution < 1.29 is 32.2 Å². The topological polar surface area (TPSA) is 123 Å². The van der Waals surface area contributed by atoms with Crippen LogP contribution in [0.4, 0.5) is 24.7 Å². The fourth-order valence-corrected chi connectivity index (χ4v) is 6.22. The molecule has 4 heterocycles. The van der Waals surface area contributed by atoms with E-state index in [1.807, 2.05) is 6.92 Å². The van der Waals surface area contributed by atoms with Crippen LogP contribution in [0.2, 0.25) is 0 Å². The Morgan fingerprint density at radius 2 is 1.92 bits per heavy atom. The lowest BCUT2D eigenvalue weighted by Gasteiger charge is -2.41. The third-order valence-electron chi connectivity index (χ3n) is 8.78. The number of carbonyl (C=O) groups excluding carboxylic acids is 1. The molecule has 6 rings (SSSR count).